The summed E-state index contributed by atoms with van der Waals surface area (Å²) in [6.45, 7) is -1.14. The number of amides is 2. The predicted octanol–water partition coefficient (Wildman–Crippen LogP) is -3.46. The fourth-order valence-corrected chi connectivity index (χ4v) is 6.21. The van der Waals surface area contributed by atoms with Crippen molar-refractivity contribution in [2.45, 2.75) is 99.8 Å². The van der Waals surface area contributed by atoms with E-state index in [1.165, 1.54) is 0 Å². The third kappa shape index (κ3) is 10.0. The van der Waals surface area contributed by atoms with Gasteiger partial charge in [-0.25, -0.2) is 0 Å². The van der Waals surface area contributed by atoms with E-state index in [4.69, 9.17) is 9.47 Å². The highest BCUT2D eigenvalue weighted by Crippen LogP contribution is 2.25. The lowest BCUT2D eigenvalue weighted by atomic mass is 9.98. The molecule has 2 saturated heterocycles. The van der Waals surface area contributed by atoms with Gasteiger partial charge in [-0.05, 0) is 25.7 Å². The van der Waals surface area contributed by atoms with E-state index in [9.17, 15) is 50.4 Å². The number of carbonyl (C=O) groups excluding carboxylic acids is 2. The number of hydrogen-bond acceptors (Lipinski definition) is 14. The van der Waals surface area contributed by atoms with Gasteiger partial charge in [0, 0.05) is 24.3 Å². The molecule has 38 heavy (non-hydrogen) atoms. The average Bonchev–Trinajstić information content (AvgIpc) is 2.90. The molecule has 2 aliphatic heterocycles. The smallest absolute Gasteiger partial charge is 0.222 e. The fourth-order valence-electron chi connectivity index (χ4n) is 3.91. The van der Waals surface area contributed by atoms with Crippen molar-refractivity contribution in [3.8, 4) is 0 Å². The molecule has 14 nitrogen and oxygen atoms in total. The highest BCUT2D eigenvalue weighted by molar-refractivity contribution is 8.76. The summed E-state index contributed by atoms with van der Waals surface area (Å²) in [7, 11) is 3.28. The number of ether oxygens (including phenoxy) is 2. The van der Waals surface area contributed by atoms with Gasteiger partial charge in [-0.15, -0.1) is 0 Å². The van der Waals surface area contributed by atoms with Crippen LogP contribution in [0.3, 0.4) is 0 Å². The van der Waals surface area contributed by atoms with Crippen molar-refractivity contribution < 1.29 is 59.9 Å². The number of hydrogen-bond donors (Lipinski definition) is 10. The van der Waals surface area contributed by atoms with Gasteiger partial charge in [0.25, 0.3) is 0 Å². The molecule has 0 aliphatic carbocycles. The van der Waals surface area contributed by atoms with E-state index in [1.54, 1.807) is 21.6 Å². The molecule has 10 N–H and O–H groups in total. The Labute approximate surface area is 228 Å². The van der Waals surface area contributed by atoms with Gasteiger partial charge in [-0.3, -0.25) is 9.59 Å². The summed E-state index contributed by atoms with van der Waals surface area (Å²) in [4.78, 5) is 24.2. The maximum absolute atomic E-state index is 12.1. The number of unbranched alkanes of at least 4 members (excludes halogenated alkanes) is 2. The van der Waals surface area contributed by atoms with Crippen molar-refractivity contribution in [2.24, 2.45) is 0 Å². The number of rotatable bonds is 15. The quantitative estimate of drug-likeness (QED) is 0.0661. The van der Waals surface area contributed by atoms with Crippen molar-refractivity contribution >= 4 is 33.4 Å². The Hall–Kier alpha value is -0.760. The lowest BCUT2D eigenvalue weighted by Crippen LogP contribution is -2.63. The van der Waals surface area contributed by atoms with Crippen molar-refractivity contribution in [3.63, 3.8) is 0 Å². The van der Waals surface area contributed by atoms with E-state index in [0.29, 0.717) is 12.8 Å². The normalized spacial score (nSPS) is 35.6. The van der Waals surface area contributed by atoms with E-state index in [2.05, 4.69) is 10.6 Å². The molecular formula is C22H40N2O12S2. The molecule has 0 aromatic carbocycles. The van der Waals surface area contributed by atoms with Gasteiger partial charge in [0.05, 0.1) is 13.2 Å². The Morgan fingerprint density at radius 3 is 1.29 bits per heavy atom. The zero-order valence-electron chi connectivity index (χ0n) is 20.9. The molecule has 0 unspecified atom stereocenters. The standard InChI is InChI=1S/C22H40N2O12S2/c25-9-11-15(29)17(31)19(33)21(35-11)23-13(27)5-1-3-7-37-38-8-4-2-6-14(28)24-22-20(34)18(32)16(30)12(10-26)36-22/h11-12,15-22,25-26,29-34H,1-10H2,(H,23,27)(H,24,28)/t11-,12-,15-,16-,17+,18+,19-,20-,21+,22+/m1/s1. The van der Waals surface area contributed by atoms with E-state index in [1.807, 2.05) is 0 Å². The molecule has 2 heterocycles. The Morgan fingerprint density at radius 1 is 0.579 bits per heavy atom. The van der Waals surface area contributed by atoms with Crippen LogP contribution in [0.5, 0.6) is 0 Å². The van der Waals surface area contributed by atoms with Crippen molar-refractivity contribution in [3.05, 3.63) is 0 Å². The summed E-state index contributed by atoms with van der Waals surface area (Å²) >= 11 is 0. The predicted molar refractivity (Wildman–Crippen MR) is 136 cm³/mol. The minimum atomic E-state index is -1.54. The molecule has 0 aromatic heterocycles. The first-order valence-corrected chi connectivity index (χ1v) is 15.0. The van der Waals surface area contributed by atoms with Crippen LogP contribution in [0.4, 0.5) is 0 Å². The Balaban J connectivity index is 1.48. The van der Waals surface area contributed by atoms with E-state index in [-0.39, 0.29) is 24.7 Å². The number of aliphatic hydroxyl groups is 8. The first kappa shape index (κ1) is 33.4. The Morgan fingerprint density at radius 2 is 0.947 bits per heavy atom. The largest absolute Gasteiger partial charge is 0.394 e. The van der Waals surface area contributed by atoms with Gasteiger partial charge in [0.1, 0.15) is 48.8 Å². The molecular weight excluding hydrogens is 548 g/mol. The molecule has 222 valence electrons. The maximum atomic E-state index is 12.1. The Bertz CT molecular complexity index is 664. The second kappa shape index (κ2) is 17.1. The van der Waals surface area contributed by atoms with Crippen molar-refractivity contribution in [1.82, 2.24) is 10.6 Å². The lowest BCUT2D eigenvalue weighted by Gasteiger charge is -2.40. The van der Waals surface area contributed by atoms with Gasteiger partial charge in [0.2, 0.25) is 11.8 Å². The van der Waals surface area contributed by atoms with Crippen LogP contribution >= 0.6 is 21.6 Å². The first-order valence-electron chi connectivity index (χ1n) is 12.5. The third-order valence-corrected chi connectivity index (χ3v) is 8.81. The minimum Gasteiger partial charge on any atom is -0.394 e. The molecule has 2 rings (SSSR count). The molecule has 2 amide bonds. The summed E-state index contributed by atoms with van der Waals surface area (Å²) < 4.78 is 10.5. The summed E-state index contributed by atoms with van der Waals surface area (Å²) in [6, 6.07) is 0. The van der Waals surface area contributed by atoms with Crippen LogP contribution in [0.15, 0.2) is 0 Å². The van der Waals surface area contributed by atoms with Crippen molar-refractivity contribution in [1.29, 1.82) is 0 Å². The number of nitrogens with one attached hydrogen (secondary N) is 2. The van der Waals surface area contributed by atoms with E-state index in [0.717, 1.165) is 24.3 Å². The zero-order chi connectivity index (χ0) is 28.2. The summed E-state index contributed by atoms with van der Waals surface area (Å²) in [5.41, 5.74) is 0. The van der Waals surface area contributed by atoms with Crippen LogP contribution in [0.2, 0.25) is 0 Å². The molecule has 0 spiro atoms. The van der Waals surface area contributed by atoms with Gasteiger partial charge in [0.15, 0.2) is 12.5 Å². The van der Waals surface area contributed by atoms with Crippen LogP contribution in [0.1, 0.15) is 38.5 Å². The number of carbonyl (C=O) groups is 2. The summed E-state index contributed by atoms with van der Waals surface area (Å²) in [6.07, 6.45) is -10.6. The monoisotopic (exact) mass is 588 g/mol. The van der Waals surface area contributed by atoms with Crippen LogP contribution in [0, 0.1) is 0 Å². The SMILES string of the molecule is O=C(CCCCSSCCCCC(=O)N[C@H]1O[C@H](CO)[C@@H](O)[C@H](O)[C@H]1O)N[C@H]1O[C@H](CO)[C@@H](O)[C@H](O)[C@H]1O. The second-order valence-corrected chi connectivity index (χ2v) is 11.9. The highest BCUT2D eigenvalue weighted by atomic mass is 33.1. The maximum Gasteiger partial charge on any atom is 0.222 e. The molecule has 0 radical (unpaired) electrons. The molecule has 0 saturated carbocycles. The zero-order valence-corrected chi connectivity index (χ0v) is 22.5. The second-order valence-electron chi connectivity index (χ2n) is 9.19. The molecule has 16 heteroatoms. The summed E-state index contributed by atoms with van der Waals surface area (Å²) in [5, 5.41) is 82.3. The third-order valence-electron chi connectivity index (χ3n) is 6.24. The lowest BCUT2D eigenvalue weighted by molar-refractivity contribution is -0.236. The van der Waals surface area contributed by atoms with Gasteiger partial charge in [-0.2, -0.15) is 0 Å². The topological polar surface area (TPSA) is 238 Å². The van der Waals surface area contributed by atoms with Gasteiger partial charge >= 0.3 is 0 Å². The minimum absolute atomic E-state index is 0.184. The van der Waals surface area contributed by atoms with Crippen LogP contribution < -0.4 is 10.6 Å². The van der Waals surface area contributed by atoms with Gasteiger partial charge in [-0.1, -0.05) is 21.6 Å². The van der Waals surface area contributed by atoms with Crippen LogP contribution in [-0.4, -0.2) is 139 Å². The first-order chi connectivity index (χ1) is 18.1. The number of aliphatic hydroxyl groups excluding tert-OH is 8. The molecule has 0 aromatic rings. The fraction of sp³-hybridized carbons (Fsp3) is 0.909. The molecule has 10 atom stereocenters. The molecule has 2 aliphatic rings. The molecule has 2 fully saturated rings. The van der Waals surface area contributed by atoms with Crippen LogP contribution in [-0.2, 0) is 19.1 Å². The van der Waals surface area contributed by atoms with Gasteiger partial charge < -0.3 is 61.0 Å². The van der Waals surface area contributed by atoms with E-state index < -0.39 is 74.5 Å². The Kier molecular flexibility index (Phi) is 15.1. The molecule has 0 bridgehead atoms. The van der Waals surface area contributed by atoms with Crippen LogP contribution in [0.25, 0.3) is 0 Å². The van der Waals surface area contributed by atoms with E-state index >= 15 is 0 Å². The average molecular weight is 589 g/mol. The highest BCUT2D eigenvalue weighted by Gasteiger charge is 2.45. The summed E-state index contributed by atoms with van der Waals surface area (Å²) in [5.74, 6) is 0.841. The van der Waals surface area contributed by atoms with Crippen molar-refractivity contribution in [2.75, 3.05) is 24.7 Å².